The Balaban J connectivity index is 1.68. The summed E-state index contributed by atoms with van der Waals surface area (Å²) in [6, 6.07) is 12.7. The second kappa shape index (κ2) is 8.34. The molecule has 0 aliphatic carbocycles. The van der Waals surface area contributed by atoms with Gasteiger partial charge >= 0.3 is 5.97 Å². The van der Waals surface area contributed by atoms with E-state index in [1.165, 1.54) is 18.7 Å². The number of fused-ring (bicyclic) bond motifs is 1. The molecule has 0 radical (unpaired) electrons. The van der Waals surface area contributed by atoms with Crippen molar-refractivity contribution in [3.8, 4) is 5.75 Å². The van der Waals surface area contributed by atoms with E-state index in [9.17, 15) is 14.4 Å². The van der Waals surface area contributed by atoms with Gasteiger partial charge in [-0.2, -0.15) is 0 Å². The molecule has 3 rings (SSSR count). The number of anilines is 2. The van der Waals surface area contributed by atoms with Crippen molar-refractivity contribution in [2.24, 2.45) is 0 Å². The van der Waals surface area contributed by atoms with Gasteiger partial charge in [0.2, 0.25) is 12.0 Å². The smallest absolute Gasteiger partial charge is 0.350 e. The number of rotatable bonds is 4. The second-order valence-electron chi connectivity index (χ2n) is 7.04. The topological polar surface area (TPSA) is 84.9 Å². The van der Waals surface area contributed by atoms with Crippen molar-refractivity contribution in [2.45, 2.75) is 39.9 Å². The highest BCUT2D eigenvalue weighted by Crippen LogP contribution is 2.33. The Morgan fingerprint density at radius 2 is 1.76 bits per heavy atom. The Morgan fingerprint density at radius 1 is 1.10 bits per heavy atom. The maximum atomic E-state index is 12.6. The summed E-state index contributed by atoms with van der Waals surface area (Å²) in [5.41, 5.74) is 3.14. The molecule has 2 amide bonds. The standard InChI is InChI=1S/C22H24N2O5/c1-13-8-7-9-14(2)20(13)23-21(26)15(3)28-22(27)19-12-24(16(4)25)17-10-5-6-11-18(17)29-19/h5-11,15,19H,12H2,1-4H3,(H,23,26)/t15-,19-/m1/s1. The lowest BCUT2D eigenvalue weighted by Crippen LogP contribution is -2.48. The van der Waals surface area contributed by atoms with Crippen molar-refractivity contribution in [3.05, 3.63) is 53.6 Å². The summed E-state index contributed by atoms with van der Waals surface area (Å²) in [7, 11) is 0. The molecule has 2 aromatic carbocycles. The van der Waals surface area contributed by atoms with Gasteiger partial charge in [-0.25, -0.2) is 4.79 Å². The molecule has 0 saturated carbocycles. The van der Waals surface area contributed by atoms with Crippen molar-refractivity contribution in [3.63, 3.8) is 0 Å². The molecular formula is C22H24N2O5. The van der Waals surface area contributed by atoms with Crippen molar-refractivity contribution >= 4 is 29.2 Å². The van der Waals surface area contributed by atoms with Crippen molar-refractivity contribution in [2.75, 3.05) is 16.8 Å². The average molecular weight is 396 g/mol. The minimum Gasteiger partial charge on any atom is -0.475 e. The Labute approximate surface area is 169 Å². The number of para-hydroxylation sites is 3. The fraction of sp³-hybridized carbons (Fsp3) is 0.318. The van der Waals surface area contributed by atoms with E-state index in [1.54, 1.807) is 24.3 Å². The largest absolute Gasteiger partial charge is 0.475 e. The van der Waals surface area contributed by atoms with E-state index in [-0.39, 0.29) is 12.5 Å². The molecule has 7 nitrogen and oxygen atoms in total. The van der Waals surface area contributed by atoms with Crippen LogP contribution in [0.1, 0.15) is 25.0 Å². The summed E-state index contributed by atoms with van der Waals surface area (Å²) in [6.45, 7) is 6.73. The van der Waals surface area contributed by atoms with Crippen molar-refractivity contribution in [1.82, 2.24) is 0 Å². The summed E-state index contributed by atoms with van der Waals surface area (Å²) in [5.74, 6) is -0.923. The zero-order valence-electron chi connectivity index (χ0n) is 16.9. The SMILES string of the molecule is CC(=O)N1C[C@H](C(=O)O[C@H](C)C(=O)Nc2c(C)cccc2C)Oc2ccccc21. The van der Waals surface area contributed by atoms with Gasteiger partial charge in [-0.3, -0.25) is 9.59 Å². The predicted molar refractivity (Wildman–Crippen MR) is 109 cm³/mol. The van der Waals surface area contributed by atoms with E-state index < -0.39 is 24.1 Å². The normalized spacial score (nSPS) is 16.3. The third kappa shape index (κ3) is 4.39. The molecule has 1 aliphatic rings. The molecule has 1 aliphatic heterocycles. The summed E-state index contributed by atoms with van der Waals surface area (Å²) >= 11 is 0. The van der Waals surface area contributed by atoms with Gasteiger partial charge in [0, 0.05) is 12.6 Å². The maximum Gasteiger partial charge on any atom is 0.350 e. The molecule has 0 saturated heterocycles. The zero-order chi connectivity index (χ0) is 21.1. The fourth-order valence-corrected chi connectivity index (χ4v) is 3.20. The van der Waals surface area contributed by atoms with Gasteiger partial charge in [-0.15, -0.1) is 0 Å². The van der Waals surface area contributed by atoms with Gasteiger partial charge in [-0.1, -0.05) is 30.3 Å². The van der Waals surface area contributed by atoms with Gasteiger partial charge in [0.05, 0.1) is 12.2 Å². The Bertz CT molecular complexity index is 936. The van der Waals surface area contributed by atoms with Gasteiger partial charge in [0.15, 0.2) is 6.10 Å². The molecule has 7 heteroatoms. The van der Waals surface area contributed by atoms with Crippen LogP contribution >= 0.6 is 0 Å². The van der Waals surface area contributed by atoms with Crippen LogP contribution in [0.2, 0.25) is 0 Å². The van der Waals surface area contributed by atoms with Gasteiger partial charge < -0.3 is 19.7 Å². The molecule has 152 valence electrons. The molecular weight excluding hydrogens is 372 g/mol. The number of amides is 2. The Hall–Kier alpha value is -3.35. The molecule has 0 unspecified atom stereocenters. The third-order valence-electron chi connectivity index (χ3n) is 4.81. The van der Waals surface area contributed by atoms with E-state index in [1.807, 2.05) is 32.0 Å². The first-order chi connectivity index (χ1) is 13.8. The first-order valence-electron chi connectivity index (χ1n) is 9.39. The van der Waals surface area contributed by atoms with Crippen LogP contribution in [0.5, 0.6) is 5.75 Å². The van der Waals surface area contributed by atoms with Crippen LogP contribution in [-0.2, 0) is 19.1 Å². The number of carbonyl (C=O) groups is 3. The fourth-order valence-electron chi connectivity index (χ4n) is 3.20. The minimum atomic E-state index is -1.02. The predicted octanol–water partition coefficient (Wildman–Crippen LogP) is 2.99. The maximum absolute atomic E-state index is 12.6. The van der Waals surface area contributed by atoms with E-state index in [4.69, 9.17) is 9.47 Å². The second-order valence-corrected chi connectivity index (χ2v) is 7.04. The van der Waals surface area contributed by atoms with E-state index in [2.05, 4.69) is 5.32 Å². The summed E-state index contributed by atoms with van der Waals surface area (Å²) in [5, 5.41) is 2.81. The number of nitrogens with zero attached hydrogens (tertiary/aromatic N) is 1. The highest BCUT2D eigenvalue weighted by molar-refractivity contribution is 5.97. The van der Waals surface area contributed by atoms with Crippen LogP contribution in [0.25, 0.3) is 0 Å². The number of benzene rings is 2. The molecule has 29 heavy (non-hydrogen) atoms. The first-order valence-corrected chi connectivity index (χ1v) is 9.39. The zero-order valence-corrected chi connectivity index (χ0v) is 16.9. The van der Waals surface area contributed by atoms with Crippen LogP contribution < -0.4 is 15.0 Å². The molecule has 0 bridgehead atoms. The summed E-state index contributed by atoms with van der Waals surface area (Å²) in [4.78, 5) is 38.6. The lowest BCUT2D eigenvalue weighted by atomic mass is 10.1. The molecule has 0 spiro atoms. The van der Waals surface area contributed by atoms with E-state index >= 15 is 0 Å². The number of carbonyl (C=O) groups excluding carboxylic acids is 3. The molecule has 2 atom stereocenters. The minimum absolute atomic E-state index is 0.0242. The molecule has 0 aromatic heterocycles. The van der Waals surface area contributed by atoms with Crippen molar-refractivity contribution in [1.29, 1.82) is 0 Å². The van der Waals surface area contributed by atoms with Crippen LogP contribution in [0, 0.1) is 13.8 Å². The average Bonchev–Trinajstić information content (AvgIpc) is 2.69. The molecule has 1 N–H and O–H groups in total. The summed E-state index contributed by atoms with van der Waals surface area (Å²) < 4.78 is 11.0. The van der Waals surface area contributed by atoms with Crippen LogP contribution in [-0.4, -0.2) is 36.5 Å². The van der Waals surface area contributed by atoms with Crippen LogP contribution in [0.3, 0.4) is 0 Å². The number of ether oxygens (including phenoxy) is 2. The first kappa shape index (κ1) is 20.4. The number of hydrogen-bond donors (Lipinski definition) is 1. The van der Waals surface area contributed by atoms with Crippen molar-refractivity contribution < 1.29 is 23.9 Å². The Morgan fingerprint density at radius 3 is 2.41 bits per heavy atom. The number of hydrogen-bond acceptors (Lipinski definition) is 5. The molecule has 0 fully saturated rings. The van der Waals surface area contributed by atoms with Crippen LogP contribution in [0.4, 0.5) is 11.4 Å². The highest BCUT2D eigenvalue weighted by Gasteiger charge is 2.35. The molecule has 2 aromatic rings. The number of aryl methyl sites for hydroxylation is 2. The molecule has 1 heterocycles. The third-order valence-corrected chi connectivity index (χ3v) is 4.81. The lowest BCUT2D eigenvalue weighted by Gasteiger charge is -2.33. The number of nitrogens with one attached hydrogen (secondary N) is 1. The highest BCUT2D eigenvalue weighted by atomic mass is 16.6. The number of esters is 1. The Kier molecular flexibility index (Phi) is 5.87. The van der Waals surface area contributed by atoms with E-state index in [0.29, 0.717) is 17.1 Å². The van der Waals surface area contributed by atoms with Gasteiger partial charge in [-0.05, 0) is 44.0 Å². The van der Waals surface area contributed by atoms with Gasteiger partial charge in [0.1, 0.15) is 5.75 Å². The van der Waals surface area contributed by atoms with Gasteiger partial charge in [0.25, 0.3) is 5.91 Å². The lowest BCUT2D eigenvalue weighted by molar-refractivity contribution is -0.160. The van der Waals surface area contributed by atoms with Crippen LogP contribution in [0.15, 0.2) is 42.5 Å². The summed E-state index contributed by atoms with van der Waals surface area (Å²) in [6.07, 6.45) is -2.03. The van der Waals surface area contributed by atoms with E-state index in [0.717, 1.165) is 11.1 Å². The monoisotopic (exact) mass is 396 g/mol. The quantitative estimate of drug-likeness (QED) is 0.803.